The van der Waals surface area contributed by atoms with Gasteiger partial charge in [0.15, 0.2) is 0 Å². The summed E-state index contributed by atoms with van der Waals surface area (Å²) in [4.78, 5) is 0. The minimum atomic E-state index is 1.10. The Hall–Kier alpha value is -1.56. The maximum Gasteiger partial charge on any atom is -0.0149 e. The van der Waals surface area contributed by atoms with Gasteiger partial charge in [-0.15, -0.1) is 0 Å². The first-order valence-corrected chi connectivity index (χ1v) is 6.29. The average Bonchev–Trinajstić information content (AvgIpc) is 2.34. The lowest BCUT2D eigenvalue weighted by atomic mass is 9.93. The topological polar surface area (TPSA) is 0 Å². The lowest BCUT2D eigenvalue weighted by molar-refractivity contribution is 1.12. The summed E-state index contributed by atoms with van der Waals surface area (Å²) in [5.74, 6) is 0. The van der Waals surface area contributed by atoms with Gasteiger partial charge in [-0.25, -0.2) is 0 Å². The highest BCUT2D eigenvalue weighted by atomic mass is 14.1. The van der Waals surface area contributed by atoms with E-state index >= 15 is 0 Å². The molecular weight excluding hydrogens is 204 g/mol. The normalized spacial score (nSPS) is 10.6. The first-order chi connectivity index (χ1) is 8.11. The van der Waals surface area contributed by atoms with Crippen molar-refractivity contribution >= 4 is 0 Å². The zero-order chi connectivity index (χ0) is 12.4. The molecule has 0 aliphatic heterocycles. The first kappa shape index (κ1) is 11.9. The molecule has 0 N–H and O–H groups in total. The summed E-state index contributed by atoms with van der Waals surface area (Å²) in [6.07, 6.45) is 1.10. The van der Waals surface area contributed by atoms with Crippen molar-refractivity contribution in [3.05, 3.63) is 58.7 Å². The van der Waals surface area contributed by atoms with Crippen LogP contribution in [0.4, 0.5) is 0 Å². The Balaban J connectivity index is 2.57. The van der Waals surface area contributed by atoms with E-state index in [2.05, 4.69) is 64.1 Å². The van der Waals surface area contributed by atoms with Gasteiger partial charge in [0.25, 0.3) is 0 Å². The lowest BCUT2D eigenvalue weighted by Crippen LogP contribution is -1.91. The quantitative estimate of drug-likeness (QED) is 0.684. The molecule has 0 saturated heterocycles. The summed E-state index contributed by atoms with van der Waals surface area (Å²) in [6.45, 7) is 8.75. The Labute approximate surface area is 104 Å². The molecular formula is C17H20. The fourth-order valence-electron chi connectivity index (χ4n) is 2.17. The van der Waals surface area contributed by atoms with Gasteiger partial charge in [0.05, 0.1) is 0 Å². The van der Waals surface area contributed by atoms with Crippen LogP contribution in [0.3, 0.4) is 0 Å². The van der Waals surface area contributed by atoms with Crippen LogP contribution in [0.15, 0.2) is 36.4 Å². The molecule has 0 aliphatic carbocycles. The third-order valence-corrected chi connectivity index (χ3v) is 3.50. The molecule has 0 bridgehead atoms. The number of hydrogen-bond acceptors (Lipinski definition) is 0. The van der Waals surface area contributed by atoms with E-state index < -0.39 is 0 Å². The monoisotopic (exact) mass is 224 g/mol. The number of benzene rings is 2. The minimum absolute atomic E-state index is 1.10. The number of aryl methyl sites for hydroxylation is 3. The van der Waals surface area contributed by atoms with E-state index in [1.165, 1.54) is 33.4 Å². The van der Waals surface area contributed by atoms with Crippen LogP contribution in [0.25, 0.3) is 11.1 Å². The molecule has 0 heterocycles. The van der Waals surface area contributed by atoms with Crippen LogP contribution in [0, 0.1) is 20.8 Å². The molecule has 0 saturated carbocycles. The molecule has 2 aromatic carbocycles. The molecule has 0 spiro atoms. The van der Waals surface area contributed by atoms with Gasteiger partial charge in [-0.2, -0.15) is 0 Å². The highest BCUT2D eigenvalue weighted by Crippen LogP contribution is 2.27. The summed E-state index contributed by atoms with van der Waals surface area (Å²) in [5, 5.41) is 0. The molecule has 0 radical (unpaired) electrons. The first-order valence-electron chi connectivity index (χ1n) is 6.29. The third-order valence-electron chi connectivity index (χ3n) is 3.50. The van der Waals surface area contributed by atoms with Crippen LogP contribution >= 0.6 is 0 Å². The Kier molecular flexibility index (Phi) is 3.33. The molecule has 0 aromatic heterocycles. The molecule has 88 valence electrons. The van der Waals surface area contributed by atoms with Crippen molar-refractivity contribution in [3.8, 4) is 11.1 Å². The molecule has 0 fully saturated rings. The second kappa shape index (κ2) is 4.75. The SMILES string of the molecule is CCc1cc(C)c(C)c(-c2ccc(C)cc2)c1. The molecule has 0 atom stereocenters. The van der Waals surface area contributed by atoms with Crippen molar-refractivity contribution in [1.82, 2.24) is 0 Å². The molecule has 0 unspecified atom stereocenters. The van der Waals surface area contributed by atoms with Crippen LogP contribution in [0.2, 0.25) is 0 Å². The predicted octanol–water partition coefficient (Wildman–Crippen LogP) is 4.84. The van der Waals surface area contributed by atoms with Crippen molar-refractivity contribution in [2.24, 2.45) is 0 Å². The van der Waals surface area contributed by atoms with E-state index in [9.17, 15) is 0 Å². The van der Waals surface area contributed by atoms with Crippen LogP contribution < -0.4 is 0 Å². The van der Waals surface area contributed by atoms with Crippen molar-refractivity contribution in [2.45, 2.75) is 34.1 Å². The maximum atomic E-state index is 2.33. The van der Waals surface area contributed by atoms with E-state index in [1.54, 1.807) is 0 Å². The molecule has 0 amide bonds. The summed E-state index contributed by atoms with van der Waals surface area (Å²) >= 11 is 0. The number of hydrogen-bond donors (Lipinski definition) is 0. The molecule has 0 heteroatoms. The van der Waals surface area contributed by atoms with Crippen LogP contribution in [0.5, 0.6) is 0 Å². The smallest absolute Gasteiger partial charge is 0.0149 e. The Morgan fingerprint density at radius 2 is 1.53 bits per heavy atom. The van der Waals surface area contributed by atoms with Crippen LogP contribution in [0.1, 0.15) is 29.2 Å². The van der Waals surface area contributed by atoms with Gasteiger partial charge in [0, 0.05) is 0 Å². The second-order valence-corrected chi connectivity index (χ2v) is 4.80. The largest absolute Gasteiger partial charge is 0.0613 e. The minimum Gasteiger partial charge on any atom is -0.0613 e. The molecule has 0 aliphatic rings. The standard InChI is InChI=1S/C17H20/c1-5-15-10-13(3)14(4)17(11-15)16-8-6-12(2)7-9-16/h6-11H,5H2,1-4H3. The van der Waals surface area contributed by atoms with Gasteiger partial charge in [0.1, 0.15) is 0 Å². The second-order valence-electron chi connectivity index (χ2n) is 4.80. The van der Waals surface area contributed by atoms with Crippen molar-refractivity contribution in [3.63, 3.8) is 0 Å². The summed E-state index contributed by atoms with van der Waals surface area (Å²) in [7, 11) is 0. The van der Waals surface area contributed by atoms with E-state index in [-0.39, 0.29) is 0 Å². The summed E-state index contributed by atoms with van der Waals surface area (Å²) in [5.41, 5.74) is 8.22. The van der Waals surface area contributed by atoms with Crippen molar-refractivity contribution in [1.29, 1.82) is 0 Å². The summed E-state index contributed by atoms with van der Waals surface area (Å²) < 4.78 is 0. The van der Waals surface area contributed by atoms with Gasteiger partial charge in [-0.1, -0.05) is 48.9 Å². The molecule has 17 heavy (non-hydrogen) atoms. The number of rotatable bonds is 2. The fourth-order valence-corrected chi connectivity index (χ4v) is 2.17. The van der Waals surface area contributed by atoms with Crippen LogP contribution in [-0.4, -0.2) is 0 Å². The summed E-state index contributed by atoms with van der Waals surface area (Å²) in [6, 6.07) is 13.4. The van der Waals surface area contributed by atoms with Crippen molar-refractivity contribution in [2.75, 3.05) is 0 Å². The van der Waals surface area contributed by atoms with E-state index in [0.29, 0.717) is 0 Å². The van der Waals surface area contributed by atoms with E-state index in [1.807, 2.05) is 0 Å². The predicted molar refractivity (Wildman–Crippen MR) is 75.5 cm³/mol. The highest BCUT2D eigenvalue weighted by molar-refractivity contribution is 5.69. The zero-order valence-electron chi connectivity index (χ0n) is 11.2. The Bertz CT molecular complexity index is 518. The molecule has 2 rings (SSSR count). The molecule has 0 nitrogen and oxygen atoms in total. The molecule has 2 aromatic rings. The van der Waals surface area contributed by atoms with Gasteiger partial charge in [-0.3, -0.25) is 0 Å². The zero-order valence-corrected chi connectivity index (χ0v) is 11.2. The van der Waals surface area contributed by atoms with Gasteiger partial charge in [-0.05, 0) is 55.0 Å². The van der Waals surface area contributed by atoms with Gasteiger partial charge < -0.3 is 0 Å². The van der Waals surface area contributed by atoms with Crippen LogP contribution in [-0.2, 0) is 6.42 Å². The maximum absolute atomic E-state index is 2.33. The van der Waals surface area contributed by atoms with E-state index in [4.69, 9.17) is 0 Å². The van der Waals surface area contributed by atoms with Crippen molar-refractivity contribution < 1.29 is 0 Å². The fraction of sp³-hybridized carbons (Fsp3) is 0.294. The van der Waals surface area contributed by atoms with E-state index in [0.717, 1.165) is 6.42 Å². The third kappa shape index (κ3) is 2.41. The van der Waals surface area contributed by atoms with Gasteiger partial charge in [0.2, 0.25) is 0 Å². The highest BCUT2D eigenvalue weighted by Gasteiger charge is 2.05. The Morgan fingerprint density at radius 1 is 0.882 bits per heavy atom. The Morgan fingerprint density at radius 3 is 2.12 bits per heavy atom. The lowest BCUT2D eigenvalue weighted by Gasteiger charge is -2.12. The van der Waals surface area contributed by atoms with Gasteiger partial charge >= 0.3 is 0 Å². The average molecular weight is 224 g/mol.